The molecule has 0 aliphatic heterocycles. The van der Waals surface area contributed by atoms with Crippen LogP contribution in [0.3, 0.4) is 0 Å². The second kappa shape index (κ2) is 8.73. The van der Waals surface area contributed by atoms with E-state index in [1.165, 1.54) is 0 Å². The molecule has 0 fully saturated rings. The summed E-state index contributed by atoms with van der Waals surface area (Å²) in [7, 11) is 1.69. The summed E-state index contributed by atoms with van der Waals surface area (Å²) >= 11 is 5.13. The fourth-order valence-corrected chi connectivity index (χ4v) is 1.12. The molecule has 2 N–H and O–H groups in total. The zero-order chi connectivity index (χ0) is 12.4. The van der Waals surface area contributed by atoms with Gasteiger partial charge >= 0.3 is 0 Å². The van der Waals surface area contributed by atoms with Crippen LogP contribution in [-0.4, -0.2) is 44.1 Å². The van der Waals surface area contributed by atoms with E-state index in [0.717, 1.165) is 26.2 Å². The number of hydrogen-bond acceptors (Lipinski definition) is 3. The first kappa shape index (κ1) is 15.6. The molecular weight excluding hydrogens is 224 g/mol. The molecule has 5 heteroatoms. The number of thiocarbonyl (C=S) groups is 1. The Hall–Kier alpha value is -0.390. The summed E-state index contributed by atoms with van der Waals surface area (Å²) in [6.45, 7) is 9.09. The minimum atomic E-state index is -0.197. The average Bonchev–Trinajstić information content (AvgIpc) is 2.26. The van der Waals surface area contributed by atoms with Crippen LogP contribution >= 0.6 is 12.2 Å². The normalized spacial score (nSPS) is 11.2. The molecule has 0 aromatic rings. The van der Waals surface area contributed by atoms with Crippen molar-refractivity contribution >= 4 is 17.3 Å². The lowest BCUT2D eigenvalue weighted by molar-refractivity contribution is 0.0269. The Kier molecular flexibility index (Phi) is 8.51. The molecule has 0 aromatic carbocycles. The number of rotatable bonds is 8. The highest BCUT2D eigenvalue weighted by molar-refractivity contribution is 7.80. The van der Waals surface area contributed by atoms with Crippen molar-refractivity contribution in [1.29, 1.82) is 0 Å². The Bertz CT molecular complexity index is 198. The van der Waals surface area contributed by atoms with Crippen LogP contribution in [0.5, 0.6) is 0 Å². The van der Waals surface area contributed by atoms with Crippen LogP contribution in [0, 0.1) is 0 Å². The lowest BCUT2D eigenvalue weighted by Crippen LogP contribution is -2.44. The molecular formula is C11H24N2O2S. The van der Waals surface area contributed by atoms with Gasteiger partial charge in [-0.05, 0) is 39.4 Å². The molecule has 0 unspecified atom stereocenters. The first-order valence-corrected chi connectivity index (χ1v) is 6.07. The Balaban J connectivity index is 3.45. The molecule has 0 aromatic heterocycles. The van der Waals surface area contributed by atoms with Gasteiger partial charge in [-0.15, -0.1) is 0 Å². The Morgan fingerprint density at radius 3 is 2.56 bits per heavy atom. The van der Waals surface area contributed by atoms with E-state index < -0.39 is 0 Å². The molecule has 0 amide bonds. The highest BCUT2D eigenvalue weighted by atomic mass is 32.1. The third-order valence-electron chi connectivity index (χ3n) is 2.18. The van der Waals surface area contributed by atoms with Crippen LogP contribution in [0.2, 0.25) is 0 Å². The topological polar surface area (TPSA) is 42.5 Å². The maximum Gasteiger partial charge on any atom is 0.166 e. The van der Waals surface area contributed by atoms with Gasteiger partial charge in [-0.3, -0.25) is 0 Å². The van der Waals surface area contributed by atoms with E-state index in [-0.39, 0.29) is 5.60 Å². The van der Waals surface area contributed by atoms with E-state index in [2.05, 4.69) is 10.6 Å². The van der Waals surface area contributed by atoms with Crippen molar-refractivity contribution in [2.45, 2.75) is 32.8 Å². The van der Waals surface area contributed by atoms with Crippen LogP contribution in [0.15, 0.2) is 0 Å². The SMILES string of the molecule is CCOCCCNC(=S)NCC(C)(C)OC. The maximum absolute atomic E-state index is 5.28. The van der Waals surface area contributed by atoms with Crippen molar-refractivity contribution in [3.8, 4) is 0 Å². The third kappa shape index (κ3) is 8.88. The summed E-state index contributed by atoms with van der Waals surface area (Å²) in [4.78, 5) is 0. The molecule has 0 aliphatic rings. The van der Waals surface area contributed by atoms with Crippen molar-refractivity contribution in [2.75, 3.05) is 33.4 Å². The van der Waals surface area contributed by atoms with Gasteiger partial charge in [0.1, 0.15) is 0 Å². The number of ether oxygens (including phenoxy) is 2. The molecule has 0 spiro atoms. The van der Waals surface area contributed by atoms with E-state index in [4.69, 9.17) is 21.7 Å². The number of nitrogens with one attached hydrogen (secondary N) is 2. The molecule has 0 saturated heterocycles. The van der Waals surface area contributed by atoms with Gasteiger partial charge in [-0.1, -0.05) is 0 Å². The number of methoxy groups -OCH3 is 1. The highest BCUT2D eigenvalue weighted by Gasteiger charge is 2.15. The molecule has 0 aliphatic carbocycles. The first-order chi connectivity index (χ1) is 7.52. The Morgan fingerprint density at radius 1 is 1.31 bits per heavy atom. The Labute approximate surface area is 104 Å². The third-order valence-corrected chi connectivity index (χ3v) is 2.47. The predicted molar refractivity (Wildman–Crippen MR) is 70.8 cm³/mol. The van der Waals surface area contributed by atoms with Crippen molar-refractivity contribution in [2.24, 2.45) is 0 Å². The van der Waals surface area contributed by atoms with Gasteiger partial charge in [0, 0.05) is 33.4 Å². The van der Waals surface area contributed by atoms with Gasteiger partial charge in [0.05, 0.1) is 5.60 Å². The van der Waals surface area contributed by atoms with E-state index in [1.54, 1.807) is 7.11 Å². The van der Waals surface area contributed by atoms with Crippen molar-refractivity contribution in [3.05, 3.63) is 0 Å². The summed E-state index contributed by atoms with van der Waals surface area (Å²) in [6.07, 6.45) is 0.962. The molecule has 0 bridgehead atoms. The van der Waals surface area contributed by atoms with Gasteiger partial charge in [0.25, 0.3) is 0 Å². The Morgan fingerprint density at radius 2 is 2.00 bits per heavy atom. The molecule has 0 radical (unpaired) electrons. The summed E-state index contributed by atoms with van der Waals surface area (Å²) < 4.78 is 10.5. The lowest BCUT2D eigenvalue weighted by Gasteiger charge is -2.24. The van der Waals surface area contributed by atoms with Gasteiger partial charge < -0.3 is 20.1 Å². The summed E-state index contributed by atoms with van der Waals surface area (Å²) in [5.74, 6) is 0. The smallest absolute Gasteiger partial charge is 0.166 e. The maximum atomic E-state index is 5.28. The molecule has 96 valence electrons. The predicted octanol–water partition coefficient (Wildman–Crippen LogP) is 1.30. The summed E-state index contributed by atoms with van der Waals surface area (Å²) in [5, 5.41) is 6.91. The van der Waals surface area contributed by atoms with Crippen molar-refractivity contribution < 1.29 is 9.47 Å². The largest absolute Gasteiger partial charge is 0.382 e. The zero-order valence-corrected chi connectivity index (χ0v) is 11.6. The molecule has 0 heterocycles. The summed E-state index contributed by atoms with van der Waals surface area (Å²) in [6, 6.07) is 0. The van der Waals surface area contributed by atoms with Crippen LogP contribution in [-0.2, 0) is 9.47 Å². The molecule has 0 atom stereocenters. The second-order valence-electron chi connectivity index (χ2n) is 4.12. The fraction of sp³-hybridized carbons (Fsp3) is 0.909. The number of hydrogen-bond donors (Lipinski definition) is 2. The van der Waals surface area contributed by atoms with Crippen molar-refractivity contribution in [1.82, 2.24) is 10.6 Å². The fourth-order valence-electron chi connectivity index (χ4n) is 0.948. The quantitative estimate of drug-likeness (QED) is 0.501. The molecule has 0 saturated carbocycles. The minimum Gasteiger partial charge on any atom is -0.382 e. The summed E-state index contributed by atoms with van der Waals surface area (Å²) in [5.41, 5.74) is -0.197. The molecule has 0 rings (SSSR count). The van der Waals surface area contributed by atoms with E-state index in [1.807, 2.05) is 20.8 Å². The molecule has 4 nitrogen and oxygen atoms in total. The van der Waals surface area contributed by atoms with Gasteiger partial charge in [-0.25, -0.2) is 0 Å². The molecule has 16 heavy (non-hydrogen) atoms. The first-order valence-electron chi connectivity index (χ1n) is 5.66. The van der Waals surface area contributed by atoms with Gasteiger partial charge in [-0.2, -0.15) is 0 Å². The lowest BCUT2D eigenvalue weighted by atomic mass is 10.1. The zero-order valence-electron chi connectivity index (χ0n) is 10.8. The second-order valence-corrected chi connectivity index (χ2v) is 4.53. The van der Waals surface area contributed by atoms with E-state index >= 15 is 0 Å². The van der Waals surface area contributed by atoms with E-state index in [0.29, 0.717) is 11.7 Å². The standard InChI is InChI=1S/C11H24N2O2S/c1-5-15-8-6-7-12-10(16)13-9-11(2,3)14-4/h5-9H2,1-4H3,(H2,12,13,16). The van der Waals surface area contributed by atoms with E-state index in [9.17, 15) is 0 Å². The highest BCUT2D eigenvalue weighted by Crippen LogP contribution is 2.04. The van der Waals surface area contributed by atoms with Gasteiger partial charge in [0.2, 0.25) is 0 Å². The minimum absolute atomic E-state index is 0.197. The van der Waals surface area contributed by atoms with Crippen LogP contribution in [0.25, 0.3) is 0 Å². The van der Waals surface area contributed by atoms with Crippen LogP contribution in [0.4, 0.5) is 0 Å². The van der Waals surface area contributed by atoms with Crippen molar-refractivity contribution in [3.63, 3.8) is 0 Å². The monoisotopic (exact) mass is 248 g/mol. The average molecular weight is 248 g/mol. The van der Waals surface area contributed by atoms with Crippen LogP contribution in [0.1, 0.15) is 27.2 Å². The van der Waals surface area contributed by atoms with Gasteiger partial charge in [0.15, 0.2) is 5.11 Å². The van der Waals surface area contributed by atoms with Crippen LogP contribution < -0.4 is 10.6 Å².